The molecule has 0 aliphatic carbocycles. The van der Waals surface area contributed by atoms with Gasteiger partial charge in [-0.05, 0) is 48.5 Å². The van der Waals surface area contributed by atoms with Crippen molar-refractivity contribution in [1.82, 2.24) is 0 Å². The van der Waals surface area contributed by atoms with Crippen LogP contribution < -0.4 is 9.47 Å². The first-order chi connectivity index (χ1) is 14.2. The lowest BCUT2D eigenvalue weighted by molar-refractivity contribution is 0.414. The van der Waals surface area contributed by atoms with Gasteiger partial charge in [0.05, 0.1) is 24.0 Å². The predicted molar refractivity (Wildman–Crippen MR) is 113 cm³/mol. The maximum atomic E-state index is 12.5. The largest absolute Gasteiger partial charge is 0.573 e. The van der Waals surface area contributed by atoms with E-state index in [1.165, 1.54) is 87.0 Å². The number of benzene rings is 3. The third kappa shape index (κ3) is 5.02. The van der Waals surface area contributed by atoms with Crippen molar-refractivity contribution >= 4 is 31.4 Å². The van der Waals surface area contributed by atoms with Crippen molar-refractivity contribution in [2.45, 2.75) is 9.79 Å². The van der Waals surface area contributed by atoms with Gasteiger partial charge in [-0.3, -0.25) is 0 Å². The summed E-state index contributed by atoms with van der Waals surface area (Å²) in [6, 6.07) is 17.2. The molecule has 0 unspecified atom stereocenters. The summed E-state index contributed by atoms with van der Waals surface area (Å²) < 4.78 is 67.6. The number of nitrogens with zero attached hydrogens (tertiary/aromatic N) is 2. The van der Waals surface area contributed by atoms with E-state index in [2.05, 4.69) is 9.44 Å². The van der Waals surface area contributed by atoms with Crippen LogP contribution in [0.3, 0.4) is 0 Å². The molecular weight excluding hydrogens is 428 g/mol. The first-order valence-electron chi connectivity index (χ1n) is 8.58. The molecule has 0 fully saturated rings. The van der Waals surface area contributed by atoms with Gasteiger partial charge in [0.1, 0.15) is 31.5 Å². The van der Waals surface area contributed by atoms with E-state index in [-0.39, 0.29) is 21.2 Å². The first-order valence-corrected chi connectivity index (χ1v) is 11.5. The van der Waals surface area contributed by atoms with Gasteiger partial charge in [-0.1, -0.05) is 24.3 Å². The summed E-state index contributed by atoms with van der Waals surface area (Å²) in [5.41, 5.74) is 0.106. The van der Waals surface area contributed by atoms with Crippen molar-refractivity contribution in [3.05, 3.63) is 82.2 Å². The van der Waals surface area contributed by atoms with E-state index < -0.39 is 20.0 Å². The SMILES string of the molecule is COc1ccc(S(=O)(=O)[N-]c2cccc([N-]S(=O)(=O)c3ccc(OC)cc3)c2)cc1. The van der Waals surface area contributed by atoms with Crippen LogP contribution in [0.4, 0.5) is 11.4 Å². The third-order valence-electron chi connectivity index (χ3n) is 4.00. The Kier molecular flexibility index (Phi) is 6.18. The smallest absolute Gasteiger partial charge is 0.123 e. The Morgan fingerprint density at radius 1 is 0.600 bits per heavy atom. The van der Waals surface area contributed by atoms with Crippen LogP contribution in [0.15, 0.2) is 82.6 Å². The number of hydrogen-bond donors (Lipinski definition) is 0. The Hall–Kier alpha value is -3.24. The van der Waals surface area contributed by atoms with E-state index in [4.69, 9.17) is 9.47 Å². The van der Waals surface area contributed by atoms with Crippen molar-refractivity contribution in [3.8, 4) is 11.5 Å². The Balaban J connectivity index is 1.79. The molecule has 0 spiro atoms. The molecule has 0 aliphatic heterocycles. The fourth-order valence-electron chi connectivity index (χ4n) is 2.48. The topological polar surface area (TPSA) is 115 Å². The van der Waals surface area contributed by atoms with E-state index in [0.29, 0.717) is 11.5 Å². The average Bonchev–Trinajstić information content (AvgIpc) is 2.73. The number of ether oxygens (including phenoxy) is 2. The minimum Gasteiger partial charge on any atom is -0.573 e. The predicted octanol–water partition coefficient (Wildman–Crippen LogP) is 4.49. The Bertz CT molecular complexity index is 1130. The van der Waals surface area contributed by atoms with Crippen molar-refractivity contribution in [3.63, 3.8) is 0 Å². The highest BCUT2D eigenvalue weighted by Crippen LogP contribution is 2.35. The Morgan fingerprint density at radius 3 is 1.30 bits per heavy atom. The first kappa shape index (κ1) is 21.5. The standard InChI is InChI=1S/C20H18N2O6S2/c1-27-17-6-10-19(11-7-17)29(23,24)21-15-4-3-5-16(14-15)22-30(25,26)20-12-8-18(28-2)9-13-20/h3-14H,1-2H3/q-2. The third-order valence-corrected chi connectivity index (χ3v) is 6.63. The summed E-state index contributed by atoms with van der Waals surface area (Å²) >= 11 is 0. The maximum absolute atomic E-state index is 12.5. The Morgan fingerprint density at radius 2 is 0.967 bits per heavy atom. The summed E-state index contributed by atoms with van der Waals surface area (Å²) in [5, 5.41) is 0. The van der Waals surface area contributed by atoms with Crippen molar-refractivity contribution in [2.75, 3.05) is 14.2 Å². The van der Waals surface area contributed by atoms with Crippen molar-refractivity contribution < 1.29 is 26.3 Å². The average molecular weight is 447 g/mol. The molecule has 0 aliphatic rings. The minimum atomic E-state index is -3.99. The summed E-state index contributed by atoms with van der Waals surface area (Å²) in [6.07, 6.45) is 0. The molecule has 0 bridgehead atoms. The number of hydrogen-bond acceptors (Lipinski definition) is 6. The molecule has 3 aromatic rings. The van der Waals surface area contributed by atoms with Gasteiger partial charge in [-0.2, -0.15) is 0 Å². The van der Waals surface area contributed by atoms with Crippen LogP contribution in [-0.2, 0) is 20.0 Å². The lowest BCUT2D eigenvalue weighted by Gasteiger charge is -2.27. The summed E-state index contributed by atoms with van der Waals surface area (Å²) in [7, 11) is -5.04. The molecule has 0 N–H and O–H groups in total. The fraction of sp³-hybridized carbons (Fsp3) is 0.100. The molecular formula is C20H18N2O6S2-2. The summed E-state index contributed by atoms with van der Waals surface area (Å²) in [4.78, 5) is -0.0343. The molecule has 0 amide bonds. The van der Waals surface area contributed by atoms with Crippen LogP contribution in [0.5, 0.6) is 11.5 Å². The molecule has 0 saturated heterocycles. The molecule has 8 nitrogen and oxygen atoms in total. The second kappa shape index (κ2) is 8.64. The van der Waals surface area contributed by atoms with Crippen LogP contribution in [0.1, 0.15) is 0 Å². The fourth-order valence-corrected chi connectivity index (χ4v) is 4.44. The van der Waals surface area contributed by atoms with Gasteiger partial charge in [0, 0.05) is 0 Å². The monoisotopic (exact) mass is 446 g/mol. The van der Waals surface area contributed by atoms with Crippen molar-refractivity contribution in [1.29, 1.82) is 0 Å². The highest BCUT2D eigenvalue weighted by molar-refractivity contribution is 7.94. The van der Waals surface area contributed by atoms with Gasteiger partial charge >= 0.3 is 0 Å². The van der Waals surface area contributed by atoms with E-state index in [0.717, 1.165) is 0 Å². The van der Waals surface area contributed by atoms with E-state index in [1.807, 2.05) is 0 Å². The van der Waals surface area contributed by atoms with Crippen molar-refractivity contribution in [2.24, 2.45) is 0 Å². The second-order valence-corrected chi connectivity index (χ2v) is 9.21. The van der Waals surface area contributed by atoms with Gasteiger partial charge in [-0.15, -0.1) is 11.4 Å². The molecule has 10 heteroatoms. The zero-order valence-corrected chi connectivity index (χ0v) is 17.7. The van der Waals surface area contributed by atoms with Gasteiger partial charge in [0.2, 0.25) is 0 Å². The molecule has 30 heavy (non-hydrogen) atoms. The highest BCUT2D eigenvalue weighted by atomic mass is 32.2. The zero-order valence-electron chi connectivity index (χ0n) is 16.1. The lowest BCUT2D eigenvalue weighted by Crippen LogP contribution is -1.99. The highest BCUT2D eigenvalue weighted by Gasteiger charge is 2.07. The molecule has 3 rings (SSSR count). The summed E-state index contributed by atoms with van der Waals surface area (Å²) in [6.45, 7) is 0. The van der Waals surface area contributed by atoms with Crippen LogP contribution in [0.25, 0.3) is 9.44 Å². The second-order valence-electron chi connectivity index (χ2n) is 6.00. The maximum Gasteiger partial charge on any atom is 0.123 e. The van der Waals surface area contributed by atoms with E-state index >= 15 is 0 Å². The number of rotatable bonds is 8. The zero-order chi connectivity index (χ0) is 21.8. The van der Waals surface area contributed by atoms with Gasteiger partial charge in [-0.25, -0.2) is 16.8 Å². The van der Waals surface area contributed by atoms with Crippen LogP contribution in [0.2, 0.25) is 0 Å². The van der Waals surface area contributed by atoms with Gasteiger partial charge < -0.3 is 18.9 Å². The molecule has 0 heterocycles. The quantitative estimate of drug-likeness (QED) is 0.503. The molecule has 0 aromatic heterocycles. The molecule has 3 aromatic carbocycles. The summed E-state index contributed by atoms with van der Waals surface area (Å²) in [5.74, 6) is 1.02. The normalized spacial score (nSPS) is 11.5. The van der Waals surface area contributed by atoms with E-state index in [1.54, 1.807) is 0 Å². The van der Waals surface area contributed by atoms with Gasteiger partial charge in [0.25, 0.3) is 0 Å². The van der Waals surface area contributed by atoms with Crippen LogP contribution in [-0.4, -0.2) is 31.1 Å². The van der Waals surface area contributed by atoms with Crippen LogP contribution in [0, 0.1) is 0 Å². The molecule has 0 radical (unpaired) electrons. The minimum absolute atomic E-state index is 0.0171. The van der Waals surface area contributed by atoms with Gasteiger partial charge in [0.15, 0.2) is 0 Å². The number of methoxy groups -OCH3 is 2. The lowest BCUT2D eigenvalue weighted by atomic mass is 10.3. The van der Waals surface area contributed by atoms with Crippen LogP contribution >= 0.6 is 0 Å². The molecule has 158 valence electrons. The number of sulfonamides is 2. The molecule has 0 atom stereocenters. The Labute approximate surface area is 175 Å². The van der Waals surface area contributed by atoms with E-state index in [9.17, 15) is 16.8 Å². The molecule has 0 saturated carbocycles.